The lowest BCUT2D eigenvalue weighted by atomic mass is 9.94. The Morgan fingerprint density at radius 2 is 1.75 bits per heavy atom. The van der Waals surface area contributed by atoms with Crippen molar-refractivity contribution in [1.82, 2.24) is 0 Å². The highest BCUT2D eigenvalue weighted by atomic mass is 79.9. The quantitative estimate of drug-likeness (QED) is 0.920. The van der Waals surface area contributed by atoms with Crippen molar-refractivity contribution in [3.05, 3.63) is 26.7 Å². The molecule has 1 aromatic rings. The first-order valence-electron chi connectivity index (χ1n) is 5.47. The van der Waals surface area contributed by atoms with Crippen LogP contribution in [0.3, 0.4) is 0 Å². The molecule has 0 saturated heterocycles. The van der Waals surface area contributed by atoms with Crippen LogP contribution in [0.4, 0.5) is 0 Å². The largest absolute Gasteiger partial charge is 0.495 e. The molecule has 90 valence electrons. The van der Waals surface area contributed by atoms with Gasteiger partial charge in [-0.25, -0.2) is 0 Å². The predicted octanol–water partition coefficient (Wildman–Crippen LogP) is 3.31. The van der Waals surface area contributed by atoms with E-state index >= 15 is 0 Å². The number of benzene rings is 1. The second-order valence-corrected chi connectivity index (χ2v) is 4.82. The van der Waals surface area contributed by atoms with Crippen LogP contribution in [0.2, 0.25) is 0 Å². The third-order valence-electron chi connectivity index (χ3n) is 3.13. The number of ether oxygens (including phenoxy) is 1. The Morgan fingerprint density at radius 1 is 1.12 bits per heavy atom. The summed E-state index contributed by atoms with van der Waals surface area (Å²) in [5.41, 5.74) is 4.98. The summed E-state index contributed by atoms with van der Waals surface area (Å²) in [6, 6.07) is 0. The van der Waals surface area contributed by atoms with Gasteiger partial charge in [-0.3, -0.25) is 0 Å². The lowest BCUT2D eigenvalue weighted by Gasteiger charge is -2.18. The lowest BCUT2D eigenvalue weighted by molar-refractivity contribution is 0.288. The average Bonchev–Trinajstić information content (AvgIpc) is 2.27. The molecule has 0 atom stereocenters. The molecule has 1 aromatic carbocycles. The van der Waals surface area contributed by atoms with E-state index in [2.05, 4.69) is 36.7 Å². The van der Waals surface area contributed by atoms with Crippen LogP contribution in [0.1, 0.15) is 28.7 Å². The molecular formula is C13H19BrO2. The van der Waals surface area contributed by atoms with Crippen LogP contribution in [0.5, 0.6) is 5.75 Å². The smallest absolute Gasteiger partial charge is 0.136 e. The number of hydrogen-bond acceptors (Lipinski definition) is 2. The summed E-state index contributed by atoms with van der Waals surface area (Å²) in [5, 5.41) is 8.91. The molecule has 0 unspecified atom stereocenters. The zero-order chi connectivity index (χ0) is 12.3. The van der Waals surface area contributed by atoms with Crippen LogP contribution in [0.15, 0.2) is 4.47 Å². The van der Waals surface area contributed by atoms with Crippen molar-refractivity contribution in [3.63, 3.8) is 0 Å². The zero-order valence-electron chi connectivity index (χ0n) is 10.4. The lowest BCUT2D eigenvalue weighted by Crippen LogP contribution is -2.02. The molecule has 0 spiro atoms. The first kappa shape index (κ1) is 13.5. The minimum atomic E-state index is 0.238. The Balaban J connectivity index is 3.29. The minimum Gasteiger partial charge on any atom is -0.495 e. The van der Waals surface area contributed by atoms with Crippen LogP contribution in [-0.4, -0.2) is 18.8 Å². The molecule has 0 saturated carbocycles. The molecule has 0 amide bonds. The van der Waals surface area contributed by atoms with Crippen molar-refractivity contribution in [2.24, 2.45) is 0 Å². The van der Waals surface area contributed by atoms with Gasteiger partial charge >= 0.3 is 0 Å². The van der Waals surface area contributed by atoms with Crippen molar-refractivity contribution in [3.8, 4) is 5.75 Å². The molecule has 2 nitrogen and oxygen atoms in total. The van der Waals surface area contributed by atoms with E-state index in [4.69, 9.17) is 9.84 Å². The van der Waals surface area contributed by atoms with E-state index in [1.807, 2.05) is 0 Å². The maximum atomic E-state index is 8.91. The molecule has 1 N–H and O–H groups in total. The fourth-order valence-corrected chi connectivity index (χ4v) is 2.72. The van der Waals surface area contributed by atoms with Gasteiger partial charge in [-0.15, -0.1) is 0 Å². The molecule has 0 radical (unpaired) electrons. The molecule has 1 rings (SSSR count). The highest BCUT2D eigenvalue weighted by Crippen LogP contribution is 2.37. The molecule has 3 heteroatoms. The number of aliphatic hydroxyl groups excluding tert-OH is 1. The second-order valence-electron chi connectivity index (χ2n) is 4.03. The number of hydrogen-bond donors (Lipinski definition) is 1. The van der Waals surface area contributed by atoms with Gasteiger partial charge in [0, 0.05) is 6.61 Å². The van der Waals surface area contributed by atoms with E-state index in [0.717, 1.165) is 23.1 Å². The van der Waals surface area contributed by atoms with Gasteiger partial charge < -0.3 is 9.84 Å². The fraction of sp³-hybridized carbons (Fsp3) is 0.538. The van der Waals surface area contributed by atoms with Gasteiger partial charge in [-0.2, -0.15) is 0 Å². The van der Waals surface area contributed by atoms with E-state index in [9.17, 15) is 0 Å². The van der Waals surface area contributed by atoms with Crippen LogP contribution >= 0.6 is 15.9 Å². The van der Waals surface area contributed by atoms with E-state index in [0.29, 0.717) is 0 Å². The Labute approximate surface area is 106 Å². The third-order valence-corrected chi connectivity index (χ3v) is 4.08. The number of aliphatic hydroxyl groups is 1. The SMILES string of the molecule is COc1c(C)c(C)c(CCCO)c(C)c1Br. The molecule has 0 aliphatic heterocycles. The normalized spacial score (nSPS) is 10.6. The Kier molecular flexibility index (Phi) is 4.81. The molecular weight excluding hydrogens is 268 g/mol. The predicted molar refractivity (Wildman–Crippen MR) is 70.3 cm³/mol. The molecule has 0 aliphatic carbocycles. The molecule has 0 aliphatic rings. The van der Waals surface area contributed by atoms with E-state index < -0.39 is 0 Å². The number of rotatable bonds is 4. The standard InChI is InChI=1S/C13H19BrO2/c1-8-9(2)13(16-4)12(14)10(3)11(8)6-5-7-15/h15H,5-7H2,1-4H3. The highest BCUT2D eigenvalue weighted by Gasteiger charge is 2.15. The van der Waals surface area contributed by atoms with Crippen molar-refractivity contribution in [1.29, 1.82) is 0 Å². The summed E-state index contributed by atoms with van der Waals surface area (Å²) in [6.07, 6.45) is 1.72. The van der Waals surface area contributed by atoms with Crippen molar-refractivity contribution in [2.75, 3.05) is 13.7 Å². The summed E-state index contributed by atoms with van der Waals surface area (Å²) in [5.74, 6) is 0.919. The molecule has 0 fully saturated rings. The maximum absolute atomic E-state index is 8.91. The molecule has 16 heavy (non-hydrogen) atoms. The van der Waals surface area contributed by atoms with E-state index in [-0.39, 0.29) is 6.61 Å². The van der Waals surface area contributed by atoms with Crippen LogP contribution in [0, 0.1) is 20.8 Å². The van der Waals surface area contributed by atoms with Gasteiger partial charge in [0.05, 0.1) is 11.6 Å². The topological polar surface area (TPSA) is 29.5 Å². The van der Waals surface area contributed by atoms with Crippen molar-refractivity contribution < 1.29 is 9.84 Å². The second kappa shape index (κ2) is 5.69. The maximum Gasteiger partial charge on any atom is 0.136 e. The van der Waals surface area contributed by atoms with Gasteiger partial charge in [0.25, 0.3) is 0 Å². The summed E-state index contributed by atoms with van der Waals surface area (Å²) in [7, 11) is 1.69. The Hall–Kier alpha value is -0.540. The fourth-order valence-electron chi connectivity index (χ4n) is 2.02. The first-order valence-corrected chi connectivity index (χ1v) is 6.26. The molecule has 0 aromatic heterocycles. The first-order chi connectivity index (χ1) is 7.54. The monoisotopic (exact) mass is 286 g/mol. The Morgan fingerprint density at radius 3 is 2.25 bits per heavy atom. The van der Waals surface area contributed by atoms with Gasteiger partial charge in [0.2, 0.25) is 0 Å². The van der Waals surface area contributed by atoms with Crippen molar-refractivity contribution >= 4 is 15.9 Å². The third kappa shape index (κ3) is 2.41. The molecule has 0 bridgehead atoms. The summed E-state index contributed by atoms with van der Waals surface area (Å²) in [6.45, 7) is 6.51. The van der Waals surface area contributed by atoms with Gasteiger partial charge in [0.15, 0.2) is 0 Å². The van der Waals surface area contributed by atoms with E-state index in [1.165, 1.54) is 22.3 Å². The average molecular weight is 287 g/mol. The summed E-state index contributed by atoms with van der Waals surface area (Å²) in [4.78, 5) is 0. The molecule has 0 heterocycles. The zero-order valence-corrected chi connectivity index (χ0v) is 11.9. The van der Waals surface area contributed by atoms with Crippen LogP contribution < -0.4 is 4.74 Å². The van der Waals surface area contributed by atoms with Crippen LogP contribution in [0.25, 0.3) is 0 Å². The Bertz CT molecular complexity index is 357. The summed E-state index contributed by atoms with van der Waals surface area (Å²) >= 11 is 3.58. The van der Waals surface area contributed by atoms with Crippen LogP contribution in [-0.2, 0) is 6.42 Å². The highest BCUT2D eigenvalue weighted by molar-refractivity contribution is 9.10. The van der Waals surface area contributed by atoms with Gasteiger partial charge in [-0.05, 0) is 71.8 Å². The van der Waals surface area contributed by atoms with E-state index in [1.54, 1.807) is 7.11 Å². The van der Waals surface area contributed by atoms with Crippen molar-refractivity contribution in [2.45, 2.75) is 33.6 Å². The van der Waals surface area contributed by atoms with Gasteiger partial charge in [-0.1, -0.05) is 0 Å². The number of halogens is 1. The minimum absolute atomic E-state index is 0.238. The van der Waals surface area contributed by atoms with Gasteiger partial charge in [0.1, 0.15) is 5.75 Å². The number of methoxy groups -OCH3 is 1. The summed E-state index contributed by atoms with van der Waals surface area (Å²) < 4.78 is 6.43.